The lowest BCUT2D eigenvalue weighted by Crippen LogP contribution is -2.38. The third-order valence-corrected chi connectivity index (χ3v) is 4.02. The average Bonchev–Trinajstić information content (AvgIpc) is 2.89. The molecule has 1 aromatic carbocycles. The van der Waals surface area contributed by atoms with Crippen LogP contribution in [0, 0.1) is 0 Å². The maximum atomic E-state index is 11.8. The number of fused-ring (bicyclic) bond motifs is 1. The highest BCUT2D eigenvalue weighted by Crippen LogP contribution is 2.43. The van der Waals surface area contributed by atoms with Crippen molar-refractivity contribution >= 4 is 5.91 Å². The molecule has 0 saturated heterocycles. The van der Waals surface area contributed by atoms with Gasteiger partial charge in [0.2, 0.25) is 5.91 Å². The van der Waals surface area contributed by atoms with Crippen LogP contribution in [-0.4, -0.2) is 19.1 Å². The summed E-state index contributed by atoms with van der Waals surface area (Å²) in [6.45, 7) is 1.13. The molecule has 1 aliphatic heterocycles. The highest BCUT2D eigenvalue weighted by Gasteiger charge is 2.41. The molecule has 1 saturated carbocycles. The number of carbonyl (C=O) groups excluding carboxylic acids is 1. The molecule has 1 fully saturated rings. The van der Waals surface area contributed by atoms with Crippen molar-refractivity contribution in [3.63, 3.8) is 0 Å². The molecule has 18 heavy (non-hydrogen) atoms. The Hall–Kier alpha value is -1.71. The van der Waals surface area contributed by atoms with Crippen LogP contribution in [0.1, 0.15) is 31.2 Å². The van der Waals surface area contributed by atoms with Crippen LogP contribution >= 0.6 is 0 Å². The lowest BCUT2D eigenvalue weighted by atomic mass is 9.78. The lowest BCUT2D eigenvalue weighted by Gasteiger charge is -2.27. The van der Waals surface area contributed by atoms with Crippen molar-refractivity contribution in [2.24, 2.45) is 5.73 Å². The molecule has 4 heteroatoms. The Kier molecular flexibility index (Phi) is 2.65. The van der Waals surface area contributed by atoms with Crippen molar-refractivity contribution in [1.82, 2.24) is 0 Å². The van der Waals surface area contributed by atoms with Crippen LogP contribution in [0.4, 0.5) is 0 Å². The Labute approximate surface area is 106 Å². The summed E-state index contributed by atoms with van der Waals surface area (Å²) >= 11 is 0. The van der Waals surface area contributed by atoms with Gasteiger partial charge in [-0.05, 0) is 30.5 Å². The minimum atomic E-state index is -0.504. The molecule has 0 aromatic heterocycles. The second-order valence-corrected chi connectivity index (χ2v) is 5.01. The van der Waals surface area contributed by atoms with E-state index in [0.29, 0.717) is 13.2 Å². The van der Waals surface area contributed by atoms with Gasteiger partial charge in [-0.3, -0.25) is 4.79 Å². The number of benzene rings is 1. The van der Waals surface area contributed by atoms with E-state index in [-0.39, 0.29) is 5.91 Å². The number of ether oxygens (including phenoxy) is 2. The smallest absolute Gasteiger partial charge is 0.228 e. The molecule has 1 amide bonds. The summed E-state index contributed by atoms with van der Waals surface area (Å²) < 4.78 is 11.1. The van der Waals surface area contributed by atoms with Crippen molar-refractivity contribution in [2.45, 2.75) is 31.1 Å². The molecule has 4 nitrogen and oxygen atoms in total. The van der Waals surface area contributed by atoms with Gasteiger partial charge in [0.05, 0.1) is 5.41 Å². The van der Waals surface area contributed by atoms with Gasteiger partial charge < -0.3 is 15.2 Å². The minimum absolute atomic E-state index is 0.225. The number of amides is 1. The quantitative estimate of drug-likeness (QED) is 0.866. The number of hydrogen-bond donors (Lipinski definition) is 1. The Bertz CT molecular complexity index is 478. The van der Waals surface area contributed by atoms with E-state index in [1.54, 1.807) is 0 Å². The van der Waals surface area contributed by atoms with Gasteiger partial charge in [-0.2, -0.15) is 0 Å². The van der Waals surface area contributed by atoms with Crippen molar-refractivity contribution in [3.05, 3.63) is 23.8 Å². The average molecular weight is 247 g/mol. The molecule has 0 unspecified atom stereocenters. The third kappa shape index (κ3) is 1.64. The summed E-state index contributed by atoms with van der Waals surface area (Å²) in [6.07, 6.45) is 3.78. The summed E-state index contributed by atoms with van der Waals surface area (Å²) in [4.78, 5) is 11.8. The molecule has 0 atom stereocenters. The van der Waals surface area contributed by atoms with E-state index in [1.165, 1.54) is 0 Å². The van der Waals surface area contributed by atoms with E-state index < -0.39 is 5.41 Å². The Morgan fingerprint density at radius 1 is 1.11 bits per heavy atom. The molecule has 3 rings (SSSR count). The molecule has 2 aliphatic rings. The Balaban J connectivity index is 2.02. The molecule has 96 valence electrons. The van der Waals surface area contributed by atoms with Gasteiger partial charge in [-0.15, -0.1) is 0 Å². The fourth-order valence-corrected chi connectivity index (χ4v) is 3.00. The van der Waals surface area contributed by atoms with E-state index in [0.717, 1.165) is 42.7 Å². The SMILES string of the molecule is NC(=O)C1(c2ccc3c(c2)OCCO3)CCCC1. The molecule has 1 heterocycles. The van der Waals surface area contributed by atoms with E-state index in [1.807, 2.05) is 18.2 Å². The lowest BCUT2D eigenvalue weighted by molar-refractivity contribution is -0.123. The molecule has 0 radical (unpaired) electrons. The first-order valence-corrected chi connectivity index (χ1v) is 6.42. The molecule has 0 bridgehead atoms. The van der Waals surface area contributed by atoms with Crippen LogP contribution in [0.2, 0.25) is 0 Å². The van der Waals surface area contributed by atoms with Crippen LogP contribution in [0.5, 0.6) is 11.5 Å². The number of hydrogen-bond acceptors (Lipinski definition) is 3. The summed E-state index contributed by atoms with van der Waals surface area (Å²) in [5.74, 6) is 1.26. The van der Waals surface area contributed by atoms with Gasteiger partial charge in [0.25, 0.3) is 0 Å². The van der Waals surface area contributed by atoms with Gasteiger partial charge in [-0.25, -0.2) is 0 Å². The van der Waals surface area contributed by atoms with Crippen LogP contribution in [-0.2, 0) is 10.2 Å². The summed E-state index contributed by atoms with van der Waals surface area (Å²) in [5.41, 5.74) is 6.09. The first kappa shape index (κ1) is 11.4. The maximum absolute atomic E-state index is 11.8. The second-order valence-electron chi connectivity index (χ2n) is 5.01. The van der Waals surface area contributed by atoms with Crippen molar-refractivity contribution in [2.75, 3.05) is 13.2 Å². The van der Waals surface area contributed by atoms with E-state index >= 15 is 0 Å². The summed E-state index contributed by atoms with van der Waals surface area (Å²) in [7, 11) is 0. The second kappa shape index (κ2) is 4.19. The normalized spacial score (nSPS) is 20.7. The van der Waals surface area contributed by atoms with E-state index in [4.69, 9.17) is 15.2 Å². The topological polar surface area (TPSA) is 61.6 Å². The Morgan fingerprint density at radius 2 is 1.78 bits per heavy atom. The van der Waals surface area contributed by atoms with Crippen molar-refractivity contribution < 1.29 is 14.3 Å². The summed E-state index contributed by atoms with van der Waals surface area (Å²) in [6, 6.07) is 5.75. The maximum Gasteiger partial charge on any atom is 0.228 e. The standard InChI is InChI=1S/C14H17NO3/c15-13(16)14(5-1-2-6-14)10-3-4-11-12(9-10)18-8-7-17-11/h3-4,9H,1-2,5-8H2,(H2,15,16). The van der Waals surface area contributed by atoms with E-state index in [9.17, 15) is 4.79 Å². The van der Waals surface area contributed by atoms with Gasteiger partial charge in [-0.1, -0.05) is 18.9 Å². The van der Waals surface area contributed by atoms with Crippen LogP contribution in [0.15, 0.2) is 18.2 Å². The fourth-order valence-electron chi connectivity index (χ4n) is 3.00. The molecule has 0 spiro atoms. The molecule has 1 aromatic rings. The van der Waals surface area contributed by atoms with E-state index in [2.05, 4.69) is 0 Å². The van der Waals surface area contributed by atoms with Crippen LogP contribution in [0.3, 0.4) is 0 Å². The largest absolute Gasteiger partial charge is 0.486 e. The fraction of sp³-hybridized carbons (Fsp3) is 0.500. The molecular formula is C14H17NO3. The number of rotatable bonds is 2. The van der Waals surface area contributed by atoms with Crippen LogP contribution < -0.4 is 15.2 Å². The minimum Gasteiger partial charge on any atom is -0.486 e. The van der Waals surface area contributed by atoms with Gasteiger partial charge in [0.1, 0.15) is 13.2 Å². The summed E-state index contributed by atoms with van der Waals surface area (Å²) in [5, 5.41) is 0. The monoisotopic (exact) mass is 247 g/mol. The first-order valence-electron chi connectivity index (χ1n) is 6.42. The van der Waals surface area contributed by atoms with Gasteiger partial charge in [0, 0.05) is 0 Å². The number of carbonyl (C=O) groups is 1. The molecule has 2 N–H and O–H groups in total. The van der Waals surface area contributed by atoms with Crippen molar-refractivity contribution in [3.8, 4) is 11.5 Å². The molecular weight excluding hydrogens is 230 g/mol. The predicted molar refractivity (Wildman–Crippen MR) is 66.8 cm³/mol. The zero-order chi connectivity index (χ0) is 12.6. The first-order chi connectivity index (χ1) is 8.72. The Morgan fingerprint density at radius 3 is 2.44 bits per heavy atom. The van der Waals surface area contributed by atoms with Crippen molar-refractivity contribution in [1.29, 1.82) is 0 Å². The molecule has 1 aliphatic carbocycles. The number of nitrogens with two attached hydrogens (primary N) is 1. The predicted octanol–water partition coefficient (Wildman–Crippen LogP) is 1.75. The van der Waals surface area contributed by atoms with Gasteiger partial charge in [0.15, 0.2) is 11.5 Å². The highest BCUT2D eigenvalue weighted by atomic mass is 16.6. The zero-order valence-electron chi connectivity index (χ0n) is 10.3. The number of primary amides is 1. The third-order valence-electron chi connectivity index (χ3n) is 4.02. The highest BCUT2D eigenvalue weighted by molar-refractivity contribution is 5.87. The van der Waals surface area contributed by atoms with Gasteiger partial charge >= 0.3 is 0 Å². The van der Waals surface area contributed by atoms with Crippen LogP contribution in [0.25, 0.3) is 0 Å². The zero-order valence-corrected chi connectivity index (χ0v) is 10.3.